The van der Waals surface area contributed by atoms with Crippen molar-refractivity contribution in [2.45, 2.75) is 43.9 Å². The number of rotatable bonds is 4. The molecule has 4 rings (SSSR count). The minimum atomic E-state index is -3.03. The number of Topliss-reactive ketones (excluding diaryl/α,β-unsaturated/α-hetero) is 2. The Labute approximate surface area is 227 Å². The average molecular weight is 559 g/mol. The second-order valence-corrected chi connectivity index (χ2v) is 10.3. The number of imide groups is 1. The molecule has 0 heterocycles. The van der Waals surface area contributed by atoms with Gasteiger partial charge < -0.3 is 36.6 Å². The van der Waals surface area contributed by atoms with Gasteiger partial charge in [-0.15, -0.1) is 0 Å². The SMILES string of the molecule is CCC(=O)NC(=O)Nc1ccc2c(c1O)C(=O)C1=C(O)C3(O)C(=O)C(C(N)=O)=C(O)C(N(C)C)C3C(O)C1C2C. The zero-order valence-corrected chi connectivity index (χ0v) is 22.1. The highest BCUT2D eigenvalue weighted by Crippen LogP contribution is 2.56. The molecule has 3 aliphatic carbocycles. The summed E-state index contributed by atoms with van der Waals surface area (Å²) in [4.78, 5) is 64.3. The number of ketones is 2. The van der Waals surface area contributed by atoms with Crippen molar-refractivity contribution >= 4 is 35.1 Å². The van der Waals surface area contributed by atoms with Crippen LogP contribution in [0, 0.1) is 11.8 Å². The molecule has 40 heavy (non-hydrogen) atoms. The molecule has 14 heteroatoms. The molecular formula is C26H30N4O10. The van der Waals surface area contributed by atoms with Gasteiger partial charge in [0.2, 0.25) is 11.7 Å². The fraction of sp³-hybridized carbons (Fsp3) is 0.423. The molecule has 214 valence electrons. The number of aromatic hydroxyl groups is 1. The molecular weight excluding hydrogens is 528 g/mol. The van der Waals surface area contributed by atoms with E-state index in [0.717, 1.165) is 0 Å². The van der Waals surface area contributed by atoms with Crippen molar-refractivity contribution in [1.82, 2.24) is 10.2 Å². The molecule has 0 spiro atoms. The van der Waals surface area contributed by atoms with Gasteiger partial charge in [-0.3, -0.25) is 29.4 Å². The lowest BCUT2D eigenvalue weighted by atomic mass is 9.55. The predicted octanol–water partition coefficient (Wildman–Crippen LogP) is -0.289. The Balaban J connectivity index is 1.91. The van der Waals surface area contributed by atoms with Gasteiger partial charge in [0.15, 0.2) is 17.1 Å². The number of fused-ring (bicyclic) bond motifs is 3. The van der Waals surface area contributed by atoms with E-state index in [4.69, 9.17) is 5.73 Å². The number of hydrogen-bond acceptors (Lipinski definition) is 11. The Kier molecular flexibility index (Phi) is 6.99. The van der Waals surface area contributed by atoms with E-state index in [1.54, 1.807) is 6.92 Å². The summed E-state index contributed by atoms with van der Waals surface area (Å²) in [5.41, 5.74) is 0.296. The van der Waals surface area contributed by atoms with Crippen LogP contribution < -0.4 is 16.4 Å². The number of nitrogens with one attached hydrogen (secondary N) is 2. The highest BCUT2D eigenvalue weighted by Gasteiger charge is 2.67. The first-order valence-electron chi connectivity index (χ1n) is 12.4. The molecule has 1 aromatic carbocycles. The summed E-state index contributed by atoms with van der Waals surface area (Å²) in [5.74, 6) is -10.8. The van der Waals surface area contributed by atoms with Gasteiger partial charge in [0.1, 0.15) is 17.1 Å². The van der Waals surface area contributed by atoms with Gasteiger partial charge in [-0.2, -0.15) is 0 Å². The number of nitrogens with zero attached hydrogens (tertiary/aromatic N) is 1. The minimum Gasteiger partial charge on any atom is -0.510 e. The van der Waals surface area contributed by atoms with Crippen LogP contribution >= 0.6 is 0 Å². The molecule has 4 amide bonds. The Morgan fingerprint density at radius 2 is 1.75 bits per heavy atom. The molecule has 0 saturated heterocycles. The number of aliphatic hydroxyl groups excluding tert-OH is 3. The number of benzene rings is 1. The smallest absolute Gasteiger partial charge is 0.325 e. The van der Waals surface area contributed by atoms with Gasteiger partial charge in [0, 0.05) is 17.9 Å². The summed E-state index contributed by atoms with van der Waals surface area (Å²) in [6, 6.07) is 0.358. The summed E-state index contributed by atoms with van der Waals surface area (Å²) in [5, 5.41) is 60.7. The minimum absolute atomic E-state index is 0.0124. The van der Waals surface area contributed by atoms with E-state index < -0.39 is 93.3 Å². The predicted molar refractivity (Wildman–Crippen MR) is 137 cm³/mol. The number of aliphatic hydroxyl groups is 4. The lowest BCUT2D eigenvalue weighted by Gasteiger charge is -2.53. The summed E-state index contributed by atoms with van der Waals surface area (Å²) < 4.78 is 0. The van der Waals surface area contributed by atoms with E-state index in [1.807, 2.05) is 5.32 Å². The van der Waals surface area contributed by atoms with Gasteiger partial charge in [-0.05, 0) is 31.6 Å². The molecule has 0 aliphatic heterocycles. The fourth-order valence-corrected chi connectivity index (χ4v) is 6.09. The first kappa shape index (κ1) is 28.7. The number of likely N-dealkylation sites (N-methyl/N-ethyl adjacent to an activating group) is 1. The maximum Gasteiger partial charge on any atom is 0.325 e. The van der Waals surface area contributed by atoms with Crippen molar-refractivity contribution in [3.05, 3.63) is 45.9 Å². The number of phenolic OH excluding ortho intramolecular Hbond substituents is 1. The van der Waals surface area contributed by atoms with Crippen molar-refractivity contribution in [3.8, 4) is 5.75 Å². The third kappa shape index (κ3) is 3.86. The lowest BCUT2D eigenvalue weighted by molar-refractivity contribution is -0.162. The Morgan fingerprint density at radius 1 is 1.12 bits per heavy atom. The van der Waals surface area contributed by atoms with Crippen LogP contribution in [0.25, 0.3) is 0 Å². The summed E-state index contributed by atoms with van der Waals surface area (Å²) >= 11 is 0. The van der Waals surface area contributed by atoms with Crippen LogP contribution in [0.2, 0.25) is 0 Å². The van der Waals surface area contributed by atoms with Crippen molar-refractivity contribution in [3.63, 3.8) is 0 Å². The molecule has 0 aromatic heterocycles. The van der Waals surface area contributed by atoms with Gasteiger partial charge in [-0.1, -0.05) is 19.9 Å². The van der Waals surface area contributed by atoms with Crippen LogP contribution in [0.3, 0.4) is 0 Å². The van der Waals surface area contributed by atoms with Crippen LogP contribution in [0.5, 0.6) is 5.75 Å². The highest BCUT2D eigenvalue weighted by atomic mass is 16.4. The Bertz CT molecular complexity index is 1430. The second-order valence-electron chi connectivity index (χ2n) is 10.3. The Hall–Kier alpha value is -4.27. The average Bonchev–Trinajstić information content (AvgIpc) is 2.87. The van der Waals surface area contributed by atoms with Crippen molar-refractivity contribution in [1.29, 1.82) is 0 Å². The van der Waals surface area contributed by atoms with Crippen LogP contribution in [-0.4, -0.2) is 91.7 Å². The number of phenols is 1. The summed E-state index contributed by atoms with van der Waals surface area (Å²) in [7, 11) is 2.89. The van der Waals surface area contributed by atoms with E-state index >= 15 is 0 Å². The normalized spacial score (nSPS) is 29.5. The highest BCUT2D eigenvalue weighted by molar-refractivity contribution is 6.25. The van der Waals surface area contributed by atoms with Crippen LogP contribution in [0.1, 0.15) is 42.1 Å². The van der Waals surface area contributed by atoms with Crippen LogP contribution in [0.15, 0.2) is 34.8 Å². The molecule has 0 radical (unpaired) electrons. The molecule has 6 unspecified atom stereocenters. The zero-order chi connectivity index (χ0) is 30.0. The maximum atomic E-state index is 13.8. The molecule has 6 atom stereocenters. The van der Waals surface area contributed by atoms with Crippen molar-refractivity contribution in [2.24, 2.45) is 17.6 Å². The van der Waals surface area contributed by atoms with E-state index in [2.05, 4.69) is 5.32 Å². The Morgan fingerprint density at radius 3 is 2.30 bits per heavy atom. The number of anilines is 1. The number of hydrogen-bond donors (Lipinski definition) is 8. The van der Waals surface area contributed by atoms with Gasteiger partial charge >= 0.3 is 6.03 Å². The monoisotopic (exact) mass is 558 g/mol. The van der Waals surface area contributed by atoms with Crippen LogP contribution in [0.4, 0.5) is 10.5 Å². The van der Waals surface area contributed by atoms with E-state index in [-0.39, 0.29) is 23.2 Å². The molecule has 0 saturated carbocycles. The number of carbonyl (C=O) groups is 5. The van der Waals surface area contributed by atoms with E-state index in [1.165, 1.54) is 38.1 Å². The van der Waals surface area contributed by atoms with E-state index in [0.29, 0.717) is 0 Å². The molecule has 0 bridgehead atoms. The molecule has 9 N–H and O–H groups in total. The first-order chi connectivity index (χ1) is 18.6. The maximum absolute atomic E-state index is 13.8. The van der Waals surface area contributed by atoms with Crippen LogP contribution in [-0.2, 0) is 14.4 Å². The standard InChI is InChI=1S/C26H30N4O10/c1-5-11(31)29-25(39)28-10-7-6-9-8(2)12-14(19(33)13(9)18(10)32)22(36)26(40)16(20(12)34)17(30(3)4)21(35)15(23(26)37)24(27)38/h6-8,12,16-17,20,32,34-36,40H,5H2,1-4H3,(H2,27,38)(H2,28,29,31,39). The number of nitrogens with two attached hydrogens (primary N) is 1. The number of amides is 4. The molecule has 0 fully saturated rings. The summed E-state index contributed by atoms with van der Waals surface area (Å²) in [6.07, 6.45) is -1.71. The summed E-state index contributed by atoms with van der Waals surface area (Å²) in [6.45, 7) is 3.10. The second kappa shape index (κ2) is 9.73. The van der Waals surface area contributed by atoms with Gasteiger partial charge in [0.25, 0.3) is 5.91 Å². The van der Waals surface area contributed by atoms with E-state index in [9.17, 15) is 49.5 Å². The lowest BCUT2D eigenvalue weighted by Crippen LogP contribution is -2.68. The largest absolute Gasteiger partial charge is 0.510 e. The van der Waals surface area contributed by atoms with Crippen molar-refractivity contribution in [2.75, 3.05) is 19.4 Å². The topological polar surface area (TPSA) is 240 Å². The number of carbonyl (C=O) groups excluding carboxylic acids is 5. The van der Waals surface area contributed by atoms with Gasteiger partial charge in [0.05, 0.1) is 29.3 Å². The molecule has 14 nitrogen and oxygen atoms in total. The van der Waals surface area contributed by atoms with Crippen molar-refractivity contribution < 1.29 is 49.5 Å². The third-order valence-corrected chi connectivity index (χ3v) is 7.95. The fourth-order valence-electron chi connectivity index (χ4n) is 6.09. The van der Waals surface area contributed by atoms with Gasteiger partial charge in [-0.25, -0.2) is 4.79 Å². The quantitative estimate of drug-likeness (QED) is 0.176. The number of primary amides is 1. The molecule has 3 aliphatic rings. The first-order valence-corrected chi connectivity index (χ1v) is 12.4. The third-order valence-electron chi connectivity index (χ3n) is 7.95. The number of urea groups is 1. The zero-order valence-electron chi connectivity index (χ0n) is 22.1. The molecule has 1 aromatic rings.